The van der Waals surface area contributed by atoms with Crippen LogP contribution in [0.1, 0.15) is 29.8 Å². The number of methoxy groups -OCH3 is 1. The minimum atomic E-state index is -0.959. The maximum Gasteiger partial charge on any atom is 0.270 e. The first-order valence-corrected chi connectivity index (χ1v) is 8.00. The highest BCUT2D eigenvalue weighted by molar-refractivity contribution is 5.93. The molecular formula is C16H21N3O5. The van der Waals surface area contributed by atoms with Gasteiger partial charge in [0.1, 0.15) is 5.69 Å². The van der Waals surface area contributed by atoms with Crippen molar-refractivity contribution in [2.45, 2.75) is 25.4 Å². The molecule has 2 aliphatic heterocycles. The second-order valence-corrected chi connectivity index (χ2v) is 6.33. The number of piperidine rings is 2. The molecule has 1 aromatic rings. The van der Waals surface area contributed by atoms with E-state index in [-0.39, 0.29) is 35.2 Å². The van der Waals surface area contributed by atoms with Crippen molar-refractivity contribution < 1.29 is 19.4 Å². The molecule has 1 aromatic heterocycles. The molecule has 0 aromatic carbocycles. The maximum absolute atomic E-state index is 12.7. The van der Waals surface area contributed by atoms with Gasteiger partial charge in [-0.15, -0.1) is 0 Å². The number of aliphatic hydroxyl groups is 1. The molecule has 0 saturated carbocycles. The summed E-state index contributed by atoms with van der Waals surface area (Å²) in [5.41, 5.74) is -1.20. The summed E-state index contributed by atoms with van der Waals surface area (Å²) in [7, 11) is 1.38. The molecule has 3 rings (SSSR count). The minimum absolute atomic E-state index is 0.128. The third-order valence-corrected chi connectivity index (χ3v) is 4.94. The number of amides is 2. The average molecular weight is 335 g/mol. The summed E-state index contributed by atoms with van der Waals surface area (Å²) >= 11 is 0. The number of rotatable bonds is 2. The molecule has 2 atom stereocenters. The van der Waals surface area contributed by atoms with Gasteiger partial charge in [0.15, 0.2) is 5.75 Å². The van der Waals surface area contributed by atoms with Crippen LogP contribution in [-0.2, 0) is 4.79 Å². The predicted octanol–water partition coefficient (Wildman–Crippen LogP) is -0.513. The molecule has 2 fully saturated rings. The molecule has 0 unspecified atom stereocenters. The van der Waals surface area contributed by atoms with Gasteiger partial charge < -0.3 is 25.0 Å². The van der Waals surface area contributed by atoms with Crippen molar-refractivity contribution >= 4 is 11.8 Å². The topological polar surface area (TPSA) is 112 Å². The van der Waals surface area contributed by atoms with Gasteiger partial charge in [0.2, 0.25) is 11.3 Å². The van der Waals surface area contributed by atoms with Gasteiger partial charge in [0.25, 0.3) is 5.91 Å². The summed E-state index contributed by atoms with van der Waals surface area (Å²) in [6, 6.07) is 1.19. The second-order valence-electron chi connectivity index (χ2n) is 6.33. The van der Waals surface area contributed by atoms with Crippen LogP contribution in [0.2, 0.25) is 0 Å². The van der Waals surface area contributed by atoms with Gasteiger partial charge in [-0.2, -0.15) is 0 Å². The smallest absolute Gasteiger partial charge is 0.270 e. The number of pyridine rings is 1. The summed E-state index contributed by atoms with van der Waals surface area (Å²) in [5.74, 6) is -0.440. The van der Waals surface area contributed by atoms with Crippen molar-refractivity contribution in [1.82, 2.24) is 15.2 Å². The van der Waals surface area contributed by atoms with Gasteiger partial charge >= 0.3 is 0 Å². The van der Waals surface area contributed by atoms with Crippen molar-refractivity contribution in [2.75, 3.05) is 26.7 Å². The number of hydrogen-bond donors (Lipinski definition) is 3. The van der Waals surface area contributed by atoms with E-state index >= 15 is 0 Å². The van der Waals surface area contributed by atoms with Crippen LogP contribution < -0.4 is 15.5 Å². The Morgan fingerprint density at radius 2 is 2.25 bits per heavy atom. The molecule has 130 valence electrons. The third-order valence-electron chi connectivity index (χ3n) is 4.94. The zero-order valence-corrected chi connectivity index (χ0v) is 13.5. The maximum atomic E-state index is 12.7. The Balaban J connectivity index is 1.84. The predicted molar refractivity (Wildman–Crippen MR) is 84.8 cm³/mol. The zero-order chi connectivity index (χ0) is 17.3. The molecule has 1 spiro atoms. The Labute approximate surface area is 138 Å². The molecule has 0 bridgehead atoms. The first-order chi connectivity index (χ1) is 11.5. The van der Waals surface area contributed by atoms with Crippen molar-refractivity contribution in [1.29, 1.82) is 0 Å². The van der Waals surface area contributed by atoms with Gasteiger partial charge in [-0.1, -0.05) is 0 Å². The van der Waals surface area contributed by atoms with E-state index in [2.05, 4.69) is 10.3 Å². The molecule has 2 saturated heterocycles. The fraction of sp³-hybridized carbons (Fsp3) is 0.562. The molecule has 0 aliphatic carbocycles. The van der Waals surface area contributed by atoms with Crippen LogP contribution in [0, 0.1) is 5.41 Å². The first-order valence-electron chi connectivity index (χ1n) is 8.00. The summed E-state index contributed by atoms with van der Waals surface area (Å²) in [6.45, 7) is 1.07. The minimum Gasteiger partial charge on any atom is -0.491 e. The van der Waals surface area contributed by atoms with Gasteiger partial charge in [0, 0.05) is 31.9 Å². The third kappa shape index (κ3) is 2.66. The van der Waals surface area contributed by atoms with Crippen LogP contribution in [0.3, 0.4) is 0 Å². The van der Waals surface area contributed by atoms with E-state index in [9.17, 15) is 19.5 Å². The number of carbonyl (C=O) groups excluding carboxylic acids is 2. The Hall–Kier alpha value is -2.35. The van der Waals surface area contributed by atoms with Crippen LogP contribution in [0.4, 0.5) is 0 Å². The largest absolute Gasteiger partial charge is 0.491 e. The van der Waals surface area contributed by atoms with E-state index in [0.717, 1.165) is 6.42 Å². The molecule has 2 aliphatic rings. The number of likely N-dealkylation sites (tertiary alicyclic amines) is 1. The van der Waals surface area contributed by atoms with E-state index in [4.69, 9.17) is 4.74 Å². The molecule has 3 N–H and O–H groups in total. The molecule has 8 nitrogen and oxygen atoms in total. The van der Waals surface area contributed by atoms with Crippen LogP contribution in [0.15, 0.2) is 17.1 Å². The number of ether oxygens (including phenoxy) is 1. The van der Waals surface area contributed by atoms with Crippen molar-refractivity contribution in [2.24, 2.45) is 5.41 Å². The van der Waals surface area contributed by atoms with Gasteiger partial charge in [-0.25, -0.2) is 0 Å². The highest BCUT2D eigenvalue weighted by Crippen LogP contribution is 2.37. The summed E-state index contributed by atoms with van der Waals surface area (Å²) < 4.78 is 4.89. The summed E-state index contributed by atoms with van der Waals surface area (Å²) in [4.78, 5) is 41.2. The Bertz CT molecular complexity index is 716. The lowest BCUT2D eigenvalue weighted by molar-refractivity contribution is -0.147. The van der Waals surface area contributed by atoms with Crippen molar-refractivity contribution in [3.63, 3.8) is 0 Å². The highest BCUT2D eigenvalue weighted by atomic mass is 16.5. The molecule has 24 heavy (non-hydrogen) atoms. The van der Waals surface area contributed by atoms with E-state index in [1.54, 1.807) is 0 Å². The van der Waals surface area contributed by atoms with Crippen molar-refractivity contribution in [3.05, 3.63) is 28.2 Å². The number of aliphatic hydroxyl groups excluding tert-OH is 1. The van der Waals surface area contributed by atoms with Gasteiger partial charge in [0.05, 0.1) is 18.6 Å². The lowest BCUT2D eigenvalue weighted by Crippen LogP contribution is -2.62. The monoisotopic (exact) mass is 335 g/mol. The number of H-pyrrole nitrogens is 1. The molecule has 3 heterocycles. The molecule has 0 radical (unpaired) electrons. The number of nitrogens with zero attached hydrogens (tertiary/aromatic N) is 1. The lowest BCUT2D eigenvalue weighted by atomic mass is 9.71. The van der Waals surface area contributed by atoms with Gasteiger partial charge in [-0.05, 0) is 19.3 Å². The molecular weight excluding hydrogens is 314 g/mol. The van der Waals surface area contributed by atoms with Crippen LogP contribution in [-0.4, -0.2) is 59.7 Å². The van der Waals surface area contributed by atoms with Crippen LogP contribution in [0.5, 0.6) is 5.75 Å². The molecule has 8 heteroatoms. The average Bonchev–Trinajstić information content (AvgIpc) is 2.59. The Morgan fingerprint density at radius 1 is 1.46 bits per heavy atom. The summed E-state index contributed by atoms with van der Waals surface area (Å²) in [5, 5.41) is 13.1. The SMILES string of the molecule is COc1c[nH]c(C(=O)N2CC[C@H](O)[C@@]3(CCCNC3=O)C2)cc1=O. The second kappa shape index (κ2) is 6.27. The van der Waals surface area contributed by atoms with Crippen molar-refractivity contribution in [3.8, 4) is 5.75 Å². The van der Waals surface area contributed by atoms with Gasteiger partial charge in [-0.3, -0.25) is 14.4 Å². The van der Waals surface area contributed by atoms with E-state index in [1.165, 1.54) is 24.3 Å². The zero-order valence-electron chi connectivity index (χ0n) is 13.5. The summed E-state index contributed by atoms with van der Waals surface area (Å²) in [6.07, 6.45) is 2.22. The standard InChI is InChI=1S/C16H21N3O5/c1-24-12-8-18-10(7-11(12)20)14(22)19-6-3-13(21)16(9-19)4-2-5-17-15(16)23/h7-8,13,21H,2-6,9H2,1H3,(H,17,23)(H,18,20)/t13-,16+/m0/s1. The van der Waals surface area contributed by atoms with E-state index in [1.807, 2.05) is 0 Å². The number of nitrogens with one attached hydrogen (secondary N) is 2. The fourth-order valence-corrected chi connectivity index (χ4v) is 3.53. The number of aromatic amines is 1. The fourth-order valence-electron chi connectivity index (χ4n) is 3.53. The quantitative estimate of drug-likeness (QED) is 0.674. The van der Waals surface area contributed by atoms with E-state index in [0.29, 0.717) is 25.9 Å². The van der Waals surface area contributed by atoms with Crippen LogP contribution in [0.25, 0.3) is 0 Å². The Morgan fingerprint density at radius 3 is 2.92 bits per heavy atom. The lowest BCUT2D eigenvalue weighted by Gasteiger charge is -2.46. The highest BCUT2D eigenvalue weighted by Gasteiger charge is 2.50. The van der Waals surface area contributed by atoms with E-state index < -0.39 is 11.5 Å². The number of carbonyl (C=O) groups is 2. The number of aromatic nitrogens is 1. The van der Waals surface area contributed by atoms with Crippen LogP contribution >= 0.6 is 0 Å². The first kappa shape index (κ1) is 16.5. The Kier molecular flexibility index (Phi) is 4.31. The normalized spacial score (nSPS) is 27.0. The molecule has 2 amide bonds. The number of hydrogen-bond acceptors (Lipinski definition) is 5.